The van der Waals surface area contributed by atoms with Crippen LogP contribution in [0.3, 0.4) is 0 Å². The molecular weight excluding hydrogens is 323 g/mol. The van der Waals surface area contributed by atoms with Crippen molar-refractivity contribution in [2.75, 3.05) is 17.2 Å². The first-order chi connectivity index (χ1) is 9.69. The fourth-order valence-electron chi connectivity index (χ4n) is 1.60. The molecular formula is C14H16BrFN4. The van der Waals surface area contributed by atoms with E-state index in [9.17, 15) is 4.39 Å². The summed E-state index contributed by atoms with van der Waals surface area (Å²) in [6, 6.07) is 7.82. The first-order valence-corrected chi connectivity index (χ1v) is 7.23. The highest BCUT2D eigenvalue weighted by Gasteiger charge is 2.06. The number of benzene rings is 1. The molecule has 0 fully saturated rings. The number of hydrogen-bond acceptors (Lipinski definition) is 4. The number of rotatable bonds is 6. The van der Waals surface area contributed by atoms with E-state index in [0.717, 1.165) is 23.0 Å². The molecule has 1 aromatic carbocycles. The molecule has 1 heterocycles. The van der Waals surface area contributed by atoms with Gasteiger partial charge >= 0.3 is 0 Å². The summed E-state index contributed by atoms with van der Waals surface area (Å²) in [4.78, 5) is 8.02. The quantitative estimate of drug-likeness (QED) is 0.840. The molecule has 2 rings (SSSR count). The summed E-state index contributed by atoms with van der Waals surface area (Å²) in [5, 5.41) is 6.02. The van der Waals surface area contributed by atoms with Gasteiger partial charge in [0.1, 0.15) is 0 Å². The van der Waals surface area contributed by atoms with Crippen LogP contribution in [-0.2, 0) is 6.54 Å². The third-order valence-electron chi connectivity index (χ3n) is 2.65. The van der Waals surface area contributed by atoms with E-state index in [0.29, 0.717) is 12.5 Å². The van der Waals surface area contributed by atoms with Gasteiger partial charge in [0, 0.05) is 17.6 Å². The summed E-state index contributed by atoms with van der Waals surface area (Å²) in [6.07, 6.45) is 2.14. The zero-order valence-corrected chi connectivity index (χ0v) is 12.7. The lowest BCUT2D eigenvalue weighted by Crippen LogP contribution is -2.09. The van der Waals surface area contributed by atoms with Crippen molar-refractivity contribution in [2.45, 2.75) is 19.9 Å². The molecule has 0 atom stereocenters. The highest BCUT2D eigenvalue weighted by molar-refractivity contribution is 9.10. The van der Waals surface area contributed by atoms with Crippen molar-refractivity contribution in [2.24, 2.45) is 0 Å². The molecule has 0 unspecified atom stereocenters. The van der Waals surface area contributed by atoms with E-state index in [-0.39, 0.29) is 5.82 Å². The van der Waals surface area contributed by atoms with Gasteiger partial charge in [0.2, 0.25) is 5.95 Å². The molecule has 0 spiro atoms. The van der Waals surface area contributed by atoms with Crippen LogP contribution in [0.1, 0.15) is 18.9 Å². The molecule has 0 bridgehead atoms. The van der Waals surface area contributed by atoms with E-state index in [4.69, 9.17) is 0 Å². The molecule has 0 saturated carbocycles. The monoisotopic (exact) mass is 338 g/mol. The summed E-state index contributed by atoms with van der Waals surface area (Å²) in [5.41, 5.74) is 1.05. The molecule has 6 heteroatoms. The Balaban J connectivity index is 2.02. The maximum absolute atomic E-state index is 13.6. The summed E-state index contributed by atoms with van der Waals surface area (Å²) >= 11 is 3.38. The largest absolute Gasteiger partial charge is 0.363 e. The van der Waals surface area contributed by atoms with Gasteiger partial charge in [0.05, 0.1) is 6.20 Å². The van der Waals surface area contributed by atoms with Gasteiger partial charge in [-0.2, -0.15) is 4.98 Å². The van der Waals surface area contributed by atoms with E-state index in [1.807, 2.05) is 31.2 Å². The highest BCUT2D eigenvalue weighted by Crippen LogP contribution is 2.15. The van der Waals surface area contributed by atoms with Crippen molar-refractivity contribution in [1.82, 2.24) is 9.97 Å². The third-order valence-corrected chi connectivity index (χ3v) is 3.18. The van der Waals surface area contributed by atoms with Gasteiger partial charge in [-0.1, -0.05) is 35.0 Å². The van der Waals surface area contributed by atoms with Gasteiger partial charge in [-0.25, -0.2) is 9.37 Å². The minimum Gasteiger partial charge on any atom is -0.363 e. The predicted molar refractivity (Wildman–Crippen MR) is 82.2 cm³/mol. The van der Waals surface area contributed by atoms with Gasteiger partial charge in [0.15, 0.2) is 11.6 Å². The molecule has 0 amide bonds. The Bertz CT molecular complexity index is 560. The SMILES string of the molecule is CCCNc1ncc(F)c(NCc2ccc(Br)cc2)n1. The first-order valence-electron chi connectivity index (χ1n) is 6.43. The van der Waals surface area contributed by atoms with Crippen molar-refractivity contribution in [3.05, 3.63) is 46.3 Å². The topological polar surface area (TPSA) is 49.8 Å². The van der Waals surface area contributed by atoms with Crippen LogP contribution in [0.15, 0.2) is 34.9 Å². The molecule has 1 aromatic heterocycles. The molecule has 0 aliphatic carbocycles. The minimum atomic E-state index is -0.454. The van der Waals surface area contributed by atoms with Crippen LogP contribution in [0.25, 0.3) is 0 Å². The first kappa shape index (κ1) is 14.7. The standard InChI is InChI=1S/C14H16BrFN4/c1-2-7-17-14-19-9-12(16)13(20-14)18-8-10-3-5-11(15)6-4-10/h3-6,9H,2,7-8H2,1H3,(H2,17,18,19,20). The molecule has 0 radical (unpaired) electrons. The fraction of sp³-hybridized carbons (Fsp3) is 0.286. The second-order valence-corrected chi connectivity index (χ2v) is 5.21. The molecule has 2 aromatic rings. The van der Waals surface area contributed by atoms with Crippen molar-refractivity contribution < 1.29 is 4.39 Å². The van der Waals surface area contributed by atoms with E-state index >= 15 is 0 Å². The second kappa shape index (κ2) is 7.19. The van der Waals surface area contributed by atoms with Crippen LogP contribution in [0.4, 0.5) is 16.2 Å². The van der Waals surface area contributed by atoms with Gasteiger partial charge in [-0.15, -0.1) is 0 Å². The van der Waals surface area contributed by atoms with Crippen LogP contribution >= 0.6 is 15.9 Å². The normalized spacial score (nSPS) is 10.3. The van der Waals surface area contributed by atoms with E-state index < -0.39 is 5.82 Å². The number of anilines is 2. The van der Waals surface area contributed by atoms with Crippen LogP contribution < -0.4 is 10.6 Å². The molecule has 0 saturated heterocycles. The van der Waals surface area contributed by atoms with E-state index in [2.05, 4.69) is 36.5 Å². The van der Waals surface area contributed by atoms with Crippen LogP contribution in [0.2, 0.25) is 0 Å². The molecule has 0 aliphatic heterocycles. The average molecular weight is 339 g/mol. The fourth-order valence-corrected chi connectivity index (χ4v) is 1.87. The molecule has 4 nitrogen and oxygen atoms in total. The molecule has 20 heavy (non-hydrogen) atoms. The van der Waals surface area contributed by atoms with Gasteiger partial charge in [-0.05, 0) is 24.1 Å². The zero-order valence-electron chi connectivity index (χ0n) is 11.2. The lowest BCUT2D eigenvalue weighted by atomic mass is 10.2. The van der Waals surface area contributed by atoms with Crippen molar-refractivity contribution in [1.29, 1.82) is 0 Å². The Morgan fingerprint density at radius 1 is 1.20 bits per heavy atom. The van der Waals surface area contributed by atoms with Gasteiger partial charge in [-0.3, -0.25) is 0 Å². The van der Waals surface area contributed by atoms with Crippen LogP contribution in [0.5, 0.6) is 0 Å². The minimum absolute atomic E-state index is 0.210. The molecule has 106 valence electrons. The maximum atomic E-state index is 13.6. The summed E-state index contributed by atoms with van der Waals surface area (Å²) in [6.45, 7) is 3.31. The summed E-state index contributed by atoms with van der Waals surface area (Å²) in [5.74, 6) is 0.192. The van der Waals surface area contributed by atoms with Crippen molar-refractivity contribution in [3.63, 3.8) is 0 Å². The highest BCUT2D eigenvalue weighted by atomic mass is 79.9. The number of hydrogen-bond donors (Lipinski definition) is 2. The van der Waals surface area contributed by atoms with Crippen LogP contribution in [0, 0.1) is 5.82 Å². The van der Waals surface area contributed by atoms with Crippen molar-refractivity contribution in [3.8, 4) is 0 Å². The molecule has 0 aliphatic rings. The number of nitrogens with one attached hydrogen (secondary N) is 2. The van der Waals surface area contributed by atoms with Crippen LogP contribution in [-0.4, -0.2) is 16.5 Å². The number of nitrogens with zero attached hydrogens (tertiary/aromatic N) is 2. The number of halogens is 2. The summed E-state index contributed by atoms with van der Waals surface area (Å²) in [7, 11) is 0. The Labute approximate surface area is 126 Å². The summed E-state index contributed by atoms with van der Waals surface area (Å²) < 4.78 is 14.7. The Kier molecular flexibility index (Phi) is 5.29. The van der Waals surface area contributed by atoms with E-state index in [1.54, 1.807) is 0 Å². The maximum Gasteiger partial charge on any atom is 0.224 e. The van der Waals surface area contributed by atoms with Crippen molar-refractivity contribution >= 4 is 27.7 Å². The molecule has 2 N–H and O–H groups in total. The van der Waals surface area contributed by atoms with Gasteiger partial charge < -0.3 is 10.6 Å². The average Bonchev–Trinajstić information content (AvgIpc) is 2.46. The van der Waals surface area contributed by atoms with E-state index in [1.165, 1.54) is 6.20 Å². The lowest BCUT2D eigenvalue weighted by Gasteiger charge is -2.09. The third kappa shape index (κ3) is 4.16. The number of aromatic nitrogens is 2. The van der Waals surface area contributed by atoms with Gasteiger partial charge in [0.25, 0.3) is 0 Å². The lowest BCUT2D eigenvalue weighted by molar-refractivity contribution is 0.617. The smallest absolute Gasteiger partial charge is 0.224 e. The Hall–Kier alpha value is -1.69. The predicted octanol–water partition coefficient (Wildman–Crippen LogP) is 3.81. The Morgan fingerprint density at radius 2 is 1.95 bits per heavy atom. The zero-order chi connectivity index (χ0) is 14.4. The Morgan fingerprint density at radius 3 is 2.65 bits per heavy atom. The second-order valence-electron chi connectivity index (χ2n) is 4.30.